The SMILES string of the molecule is CCCS(=O)(=O)NCCC1CCNC1. The van der Waals surface area contributed by atoms with E-state index >= 15 is 0 Å². The lowest BCUT2D eigenvalue weighted by atomic mass is 10.1. The van der Waals surface area contributed by atoms with Crippen LogP contribution in [0.25, 0.3) is 0 Å². The van der Waals surface area contributed by atoms with Crippen molar-refractivity contribution in [2.24, 2.45) is 5.92 Å². The molecule has 1 atom stereocenters. The lowest BCUT2D eigenvalue weighted by Crippen LogP contribution is -2.28. The molecule has 0 radical (unpaired) electrons. The first kappa shape index (κ1) is 11.9. The fourth-order valence-corrected chi connectivity index (χ4v) is 2.83. The molecule has 5 heteroatoms. The lowest BCUT2D eigenvalue weighted by Gasteiger charge is -2.09. The third-order valence-corrected chi connectivity index (χ3v) is 4.10. The maximum atomic E-state index is 11.3. The van der Waals surface area contributed by atoms with Crippen LogP contribution in [0.2, 0.25) is 0 Å². The Hall–Kier alpha value is -0.130. The van der Waals surface area contributed by atoms with Crippen LogP contribution in [0.1, 0.15) is 26.2 Å². The first-order chi connectivity index (χ1) is 6.64. The Morgan fingerprint density at radius 1 is 1.50 bits per heavy atom. The Balaban J connectivity index is 2.13. The minimum absolute atomic E-state index is 0.246. The summed E-state index contributed by atoms with van der Waals surface area (Å²) in [6.45, 7) is 4.58. The predicted molar refractivity (Wildman–Crippen MR) is 57.7 cm³/mol. The van der Waals surface area contributed by atoms with Crippen LogP contribution < -0.4 is 10.0 Å². The van der Waals surface area contributed by atoms with E-state index < -0.39 is 10.0 Å². The molecule has 0 aromatic carbocycles. The average molecular weight is 220 g/mol. The van der Waals surface area contributed by atoms with E-state index in [1.165, 1.54) is 6.42 Å². The monoisotopic (exact) mass is 220 g/mol. The van der Waals surface area contributed by atoms with Crippen molar-refractivity contribution >= 4 is 10.0 Å². The molecule has 0 saturated carbocycles. The first-order valence-corrected chi connectivity index (χ1v) is 6.97. The molecule has 1 unspecified atom stereocenters. The summed E-state index contributed by atoms with van der Waals surface area (Å²) in [6, 6.07) is 0. The van der Waals surface area contributed by atoms with Crippen molar-refractivity contribution < 1.29 is 8.42 Å². The molecule has 1 aliphatic rings. The molecule has 4 nitrogen and oxygen atoms in total. The van der Waals surface area contributed by atoms with E-state index in [1.54, 1.807) is 0 Å². The second kappa shape index (κ2) is 5.68. The molecule has 1 fully saturated rings. The van der Waals surface area contributed by atoms with Gasteiger partial charge in [-0.1, -0.05) is 6.92 Å². The second-order valence-corrected chi connectivity index (χ2v) is 5.79. The zero-order chi connectivity index (χ0) is 10.4. The van der Waals surface area contributed by atoms with Crippen LogP contribution in [0.3, 0.4) is 0 Å². The van der Waals surface area contributed by atoms with Crippen LogP contribution in [0.15, 0.2) is 0 Å². The van der Waals surface area contributed by atoms with Crippen molar-refractivity contribution in [1.82, 2.24) is 10.0 Å². The summed E-state index contributed by atoms with van der Waals surface area (Å²) in [7, 11) is -2.99. The summed E-state index contributed by atoms with van der Waals surface area (Å²) in [5.41, 5.74) is 0. The fraction of sp³-hybridized carbons (Fsp3) is 1.00. The van der Waals surface area contributed by atoms with E-state index in [9.17, 15) is 8.42 Å². The molecule has 0 aliphatic carbocycles. The molecule has 0 aromatic heterocycles. The van der Waals surface area contributed by atoms with Crippen LogP contribution in [-0.2, 0) is 10.0 Å². The summed E-state index contributed by atoms with van der Waals surface area (Å²) < 4.78 is 25.2. The third kappa shape index (κ3) is 4.39. The van der Waals surface area contributed by atoms with E-state index in [1.807, 2.05) is 6.92 Å². The van der Waals surface area contributed by atoms with Crippen LogP contribution in [0.4, 0.5) is 0 Å². The molecule has 84 valence electrons. The van der Waals surface area contributed by atoms with E-state index in [-0.39, 0.29) is 5.75 Å². The van der Waals surface area contributed by atoms with Gasteiger partial charge in [0, 0.05) is 6.54 Å². The van der Waals surface area contributed by atoms with Gasteiger partial charge in [-0.15, -0.1) is 0 Å². The topological polar surface area (TPSA) is 58.2 Å². The van der Waals surface area contributed by atoms with E-state index in [0.29, 0.717) is 18.9 Å². The standard InChI is InChI=1S/C9H20N2O2S/c1-2-7-14(12,13)11-6-4-9-3-5-10-8-9/h9-11H,2-8H2,1H3. The zero-order valence-electron chi connectivity index (χ0n) is 8.75. The highest BCUT2D eigenvalue weighted by molar-refractivity contribution is 7.89. The van der Waals surface area contributed by atoms with Gasteiger partial charge < -0.3 is 5.32 Å². The van der Waals surface area contributed by atoms with Gasteiger partial charge in [-0.3, -0.25) is 0 Å². The van der Waals surface area contributed by atoms with Gasteiger partial charge in [-0.25, -0.2) is 13.1 Å². The van der Waals surface area contributed by atoms with Gasteiger partial charge in [-0.2, -0.15) is 0 Å². The molecule has 1 saturated heterocycles. The van der Waals surface area contributed by atoms with Crippen molar-refractivity contribution in [3.05, 3.63) is 0 Å². The molecule has 1 rings (SSSR count). The van der Waals surface area contributed by atoms with Gasteiger partial charge in [-0.05, 0) is 38.3 Å². The molecule has 1 heterocycles. The smallest absolute Gasteiger partial charge is 0.211 e. The Morgan fingerprint density at radius 2 is 2.29 bits per heavy atom. The van der Waals surface area contributed by atoms with Gasteiger partial charge in [0.15, 0.2) is 0 Å². The molecule has 0 spiro atoms. The Morgan fingerprint density at radius 3 is 2.86 bits per heavy atom. The lowest BCUT2D eigenvalue weighted by molar-refractivity contribution is 0.519. The fourth-order valence-electron chi connectivity index (χ4n) is 1.72. The van der Waals surface area contributed by atoms with Gasteiger partial charge in [0.05, 0.1) is 5.75 Å². The largest absolute Gasteiger partial charge is 0.316 e. The number of rotatable bonds is 6. The third-order valence-electron chi connectivity index (χ3n) is 2.51. The van der Waals surface area contributed by atoms with Gasteiger partial charge >= 0.3 is 0 Å². The van der Waals surface area contributed by atoms with Crippen molar-refractivity contribution in [2.45, 2.75) is 26.2 Å². The summed E-state index contributed by atoms with van der Waals surface area (Å²) in [5, 5.41) is 3.27. The van der Waals surface area contributed by atoms with Crippen molar-refractivity contribution in [3.8, 4) is 0 Å². The minimum atomic E-state index is -2.99. The van der Waals surface area contributed by atoms with Crippen molar-refractivity contribution in [1.29, 1.82) is 0 Å². The maximum absolute atomic E-state index is 11.3. The Bertz CT molecular complexity index is 246. The first-order valence-electron chi connectivity index (χ1n) is 5.32. The van der Waals surface area contributed by atoms with Crippen molar-refractivity contribution in [2.75, 3.05) is 25.4 Å². The molecule has 0 bridgehead atoms. The molecular weight excluding hydrogens is 200 g/mol. The number of sulfonamides is 1. The zero-order valence-corrected chi connectivity index (χ0v) is 9.57. The quantitative estimate of drug-likeness (QED) is 0.677. The molecular formula is C9H20N2O2S. The summed E-state index contributed by atoms with van der Waals surface area (Å²) in [6.07, 6.45) is 2.81. The van der Waals surface area contributed by atoms with Crippen LogP contribution in [0.5, 0.6) is 0 Å². The normalized spacial score (nSPS) is 22.8. The van der Waals surface area contributed by atoms with Gasteiger partial charge in [0.25, 0.3) is 0 Å². The highest BCUT2D eigenvalue weighted by Gasteiger charge is 2.15. The molecule has 0 amide bonds. The van der Waals surface area contributed by atoms with E-state index in [2.05, 4.69) is 10.0 Å². The average Bonchev–Trinajstić information content (AvgIpc) is 2.56. The highest BCUT2D eigenvalue weighted by Crippen LogP contribution is 2.10. The number of nitrogens with one attached hydrogen (secondary N) is 2. The van der Waals surface area contributed by atoms with Crippen LogP contribution in [-0.4, -0.2) is 33.8 Å². The molecule has 2 N–H and O–H groups in total. The molecule has 0 aromatic rings. The number of hydrogen-bond donors (Lipinski definition) is 2. The highest BCUT2D eigenvalue weighted by atomic mass is 32.2. The minimum Gasteiger partial charge on any atom is -0.316 e. The van der Waals surface area contributed by atoms with Crippen LogP contribution in [0, 0.1) is 5.92 Å². The summed E-state index contributed by atoms with van der Waals surface area (Å²) in [4.78, 5) is 0. The number of hydrogen-bond acceptors (Lipinski definition) is 3. The van der Waals surface area contributed by atoms with Gasteiger partial charge in [0.2, 0.25) is 10.0 Å². The van der Waals surface area contributed by atoms with Crippen molar-refractivity contribution in [3.63, 3.8) is 0 Å². The summed E-state index contributed by atoms with van der Waals surface area (Å²) in [5.74, 6) is 0.898. The van der Waals surface area contributed by atoms with Gasteiger partial charge in [0.1, 0.15) is 0 Å². The van der Waals surface area contributed by atoms with Crippen LogP contribution >= 0.6 is 0 Å². The predicted octanol–water partition coefficient (Wildman–Crippen LogP) is 0.315. The maximum Gasteiger partial charge on any atom is 0.211 e. The Labute approximate surface area is 86.5 Å². The van der Waals surface area contributed by atoms with E-state index in [0.717, 1.165) is 19.5 Å². The second-order valence-electron chi connectivity index (χ2n) is 3.86. The molecule has 14 heavy (non-hydrogen) atoms. The summed E-state index contributed by atoms with van der Waals surface area (Å²) >= 11 is 0. The molecule has 1 aliphatic heterocycles. The Kier molecular flexibility index (Phi) is 4.84. The van der Waals surface area contributed by atoms with E-state index in [4.69, 9.17) is 0 Å².